The molecule has 0 aliphatic carbocycles. The lowest BCUT2D eigenvalue weighted by molar-refractivity contribution is -0.384. The molecule has 1 saturated heterocycles. The molecule has 1 atom stereocenters. The lowest BCUT2D eigenvalue weighted by Crippen LogP contribution is -2.27. The molecule has 200 valence electrons. The molecule has 3 aromatic rings. The third-order valence-electron chi connectivity index (χ3n) is 5.95. The van der Waals surface area contributed by atoms with Gasteiger partial charge in [-0.15, -0.1) is 0 Å². The molecular formula is C28H24N2O9. The highest BCUT2D eigenvalue weighted by atomic mass is 16.6. The van der Waals surface area contributed by atoms with Crippen LogP contribution in [0.2, 0.25) is 0 Å². The summed E-state index contributed by atoms with van der Waals surface area (Å²) in [5, 5.41) is 10.7. The Morgan fingerprint density at radius 3 is 2.08 bits per heavy atom. The van der Waals surface area contributed by atoms with Gasteiger partial charge < -0.3 is 19.1 Å². The minimum atomic E-state index is -0.729. The van der Waals surface area contributed by atoms with E-state index in [0.717, 1.165) is 0 Å². The maximum atomic E-state index is 12.6. The minimum absolute atomic E-state index is 0.0542. The molecule has 1 heterocycles. The molecule has 0 spiro atoms. The van der Waals surface area contributed by atoms with Gasteiger partial charge in [-0.1, -0.05) is 0 Å². The first-order valence-electron chi connectivity index (χ1n) is 12.0. The fraction of sp³-hybridized carbons (Fsp3) is 0.214. The van der Waals surface area contributed by atoms with Gasteiger partial charge in [0.15, 0.2) is 12.4 Å². The van der Waals surface area contributed by atoms with E-state index in [1.54, 1.807) is 43.3 Å². The van der Waals surface area contributed by atoms with Crippen LogP contribution in [0.4, 0.5) is 11.4 Å². The second-order valence-electron chi connectivity index (χ2n) is 8.58. The number of Topliss-reactive ketones (excluding diaryl/α,β-unsaturated/α-hetero) is 1. The Morgan fingerprint density at radius 1 is 0.897 bits per heavy atom. The molecule has 11 heteroatoms. The molecule has 0 radical (unpaired) electrons. The topological polar surface area (TPSA) is 142 Å². The molecule has 0 aromatic heterocycles. The zero-order valence-corrected chi connectivity index (χ0v) is 20.9. The van der Waals surface area contributed by atoms with Crippen LogP contribution in [0.1, 0.15) is 34.1 Å². The molecule has 3 aromatic carbocycles. The number of rotatable bonds is 10. The molecule has 1 aliphatic heterocycles. The quantitative estimate of drug-likeness (QED) is 0.161. The first-order chi connectivity index (χ1) is 18.7. The number of nitro groups is 1. The average Bonchev–Trinajstić information content (AvgIpc) is 3.34. The smallest absolute Gasteiger partial charge is 0.338 e. The number of carbonyl (C=O) groups is 4. The largest absolute Gasteiger partial charge is 0.462 e. The number of nitrogens with zero attached hydrogens (tertiary/aromatic N) is 2. The molecule has 0 bridgehead atoms. The third kappa shape index (κ3) is 6.63. The minimum Gasteiger partial charge on any atom is -0.462 e. The van der Waals surface area contributed by atoms with Gasteiger partial charge in [-0.25, -0.2) is 4.79 Å². The van der Waals surface area contributed by atoms with Crippen LogP contribution in [0.15, 0.2) is 72.8 Å². The van der Waals surface area contributed by atoms with Crippen molar-refractivity contribution in [3.63, 3.8) is 0 Å². The number of carbonyl (C=O) groups excluding carboxylic acids is 4. The molecule has 0 unspecified atom stereocenters. The first-order valence-corrected chi connectivity index (χ1v) is 12.0. The number of amides is 1. The van der Waals surface area contributed by atoms with Crippen LogP contribution < -0.4 is 9.64 Å². The van der Waals surface area contributed by atoms with Gasteiger partial charge in [-0.05, 0) is 67.6 Å². The summed E-state index contributed by atoms with van der Waals surface area (Å²) in [6.45, 7) is 1.57. The molecule has 0 N–H and O–H groups in total. The van der Waals surface area contributed by atoms with Crippen LogP contribution in [0.3, 0.4) is 0 Å². The Hall–Kier alpha value is -5.06. The fourth-order valence-electron chi connectivity index (χ4n) is 3.93. The summed E-state index contributed by atoms with van der Waals surface area (Å²) in [7, 11) is 0. The van der Waals surface area contributed by atoms with Crippen molar-refractivity contribution in [2.24, 2.45) is 5.92 Å². The maximum absolute atomic E-state index is 12.6. The van der Waals surface area contributed by atoms with Crippen molar-refractivity contribution < 1.29 is 38.3 Å². The maximum Gasteiger partial charge on any atom is 0.338 e. The Balaban J connectivity index is 1.28. The number of nitro benzene ring substituents is 1. The van der Waals surface area contributed by atoms with Gasteiger partial charge in [-0.2, -0.15) is 0 Å². The highest BCUT2D eigenvalue weighted by molar-refractivity contribution is 6.01. The van der Waals surface area contributed by atoms with Gasteiger partial charge in [0.2, 0.25) is 5.91 Å². The van der Waals surface area contributed by atoms with E-state index in [2.05, 4.69) is 0 Å². The summed E-state index contributed by atoms with van der Waals surface area (Å²) < 4.78 is 15.8. The fourth-order valence-corrected chi connectivity index (χ4v) is 3.93. The number of non-ortho nitro benzene ring substituents is 1. The Kier molecular flexibility index (Phi) is 8.30. The molecule has 1 aliphatic rings. The standard InChI is InChI=1S/C28H24N2O9/c1-2-37-27(33)19-3-7-21(8-4-19)29-16-20(15-26(29)32)28(34)38-17-25(31)18-5-11-23(12-6-18)39-24-13-9-22(10-14-24)30(35)36/h3-14,20H,2,15-17H2,1H3/t20-/m1/s1. The van der Waals surface area contributed by atoms with E-state index in [-0.39, 0.29) is 31.2 Å². The van der Waals surface area contributed by atoms with Crippen molar-refractivity contribution in [1.82, 2.24) is 0 Å². The second-order valence-corrected chi connectivity index (χ2v) is 8.58. The molecule has 11 nitrogen and oxygen atoms in total. The highest BCUT2D eigenvalue weighted by Gasteiger charge is 2.36. The number of hydrogen-bond acceptors (Lipinski definition) is 9. The highest BCUT2D eigenvalue weighted by Crippen LogP contribution is 2.27. The van der Waals surface area contributed by atoms with Crippen molar-refractivity contribution in [3.05, 3.63) is 94.0 Å². The number of ether oxygens (including phenoxy) is 3. The lowest BCUT2D eigenvalue weighted by atomic mass is 10.1. The second kappa shape index (κ2) is 12.0. The van der Waals surface area contributed by atoms with Crippen molar-refractivity contribution >= 4 is 35.0 Å². The van der Waals surface area contributed by atoms with E-state index in [1.165, 1.54) is 41.3 Å². The van der Waals surface area contributed by atoms with Crippen LogP contribution in [-0.2, 0) is 19.1 Å². The van der Waals surface area contributed by atoms with Crippen LogP contribution >= 0.6 is 0 Å². The number of ketones is 1. The number of hydrogen-bond donors (Lipinski definition) is 0. The summed E-state index contributed by atoms with van der Waals surface area (Å²) in [5.41, 5.74) is 1.13. The zero-order valence-electron chi connectivity index (χ0n) is 20.9. The van der Waals surface area contributed by atoms with E-state index in [0.29, 0.717) is 28.3 Å². The Labute approximate surface area is 223 Å². The van der Waals surface area contributed by atoms with E-state index < -0.39 is 35.2 Å². The molecular weight excluding hydrogens is 508 g/mol. The first kappa shape index (κ1) is 27.0. The van der Waals surface area contributed by atoms with Gasteiger partial charge in [0.05, 0.1) is 23.0 Å². The zero-order chi connectivity index (χ0) is 27.9. The Morgan fingerprint density at radius 2 is 1.49 bits per heavy atom. The average molecular weight is 533 g/mol. The lowest BCUT2D eigenvalue weighted by Gasteiger charge is -2.17. The van der Waals surface area contributed by atoms with Crippen molar-refractivity contribution in [1.29, 1.82) is 0 Å². The van der Waals surface area contributed by atoms with E-state index in [9.17, 15) is 29.3 Å². The third-order valence-corrected chi connectivity index (χ3v) is 5.95. The normalized spacial score (nSPS) is 14.5. The van der Waals surface area contributed by atoms with Gasteiger partial charge in [0, 0.05) is 36.3 Å². The molecule has 39 heavy (non-hydrogen) atoms. The van der Waals surface area contributed by atoms with Crippen LogP contribution in [0, 0.1) is 16.0 Å². The van der Waals surface area contributed by atoms with Crippen LogP contribution in [-0.4, -0.2) is 48.3 Å². The predicted molar refractivity (Wildman–Crippen MR) is 138 cm³/mol. The van der Waals surface area contributed by atoms with Gasteiger partial charge >= 0.3 is 11.9 Å². The Bertz CT molecular complexity index is 1380. The van der Waals surface area contributed by atoms with Crippen LogP contribution in [0.25, 0.3) is 0 Å². The molecule has 4 rings (SSSR count). The van der Waals surface area contributed by atoms with Gasteiger partial charge in [0.1, 0.15) is 11.5 Å². The van der Waals surface area contributed by atoms with Crippen molar-refractivity contribution in [2.45, 2.75) is 13.3 Å². The molecule has 1 fully saturated rings. The summed E-state index contributed by atoms with van der Waals surface area (Å²) in [4.78, 5) is 61.1. The summed E-state index contributed by atoms with van der Waals surface area (Å²) >= 11 is 0. The summed E-state index contributed by atoms with van der Waals surface area (Å²) in [6, 6.07) is 18.0. The number of benzene rings is 3. The predicted octanol–water partition coefficient (Wildman–Crippen LogP) is 4.34. The molecule has 1 amide bonds. The van der Waals surface area contributed by atoms with Crippen LogP contribution in [0.5, 0.6) is 11.5 Å². The SMILES string of the molecule is CCOC(=O)c1ccc(N2C[C@H](C(=O)OCC(=O)c3ccc(Oc4ccc([N+](=O)[O-])cc4)cc3)CC2=O)cc1. The number of anilines is 1. The molecule has 0 saturated carbocycles. The van der Waals surface area contributed by atoms with E-state index >= 15 is 0 Å². The number of esters is 2. The van der Waals surface area contributed by atoms with Crippen molar-refractivity contribution in [2.75, 3.05) is 24.7 Å². The van der Waals surface area contributed by atoms with Gasteiger partial charge in [-0.3, -0.25) is 24.5 Å². The van der Waals surface area contributed by atoms with E-state index in [1.807, 2.05) is 0 Å². The van der Waals surface area contributed by atoms with E-state index in [4.69, 9.17) is 14.2 Å². The summed E-state index contributed by atoms with van der Waals surface area (Å²) in [6.07, 6.45) is -0.0542. The monoisotopic (exact) mass is 532 g/mol. The summed E-state index contributed by atoms with van der Waals surface area (Å²) in [5.74, 6) is -1.74. The van der Waals surface area contributed by atoms with Crippen molar-refractivity contribution in [3.8, 4) is 11.5 Å². The van der Waals surface area contributed by atoms with Gasteiger partial charge in [0.25, 0.3) is 5.69 Å².